The minimum atomic E-state index is -0.626. The molecule has 2 N–H and O–H groups in total. The average Bonchev–Trinajstić information content (AvgIpc) is 3.17. The van der Waals surface area contributed by atoms with Crippen molar-refractivity contribution in [1.82, 2.24) is 25.2 Å². The van der Waals surface area contributed by atoms with E-state index >= 15 is 0 Å². The number of carbonyl (C=O) groups is 1. The Hall–Kier alpha value is -2.35. The second-order valence-electron chi connectivity index (χ2n) is 6.37. The molecule has 2 aromatic heterocycles. The predicted octanol–water partition coefficient (Wildman–Crippen LogP) is 0.909. The van der Waals surface area contributed by atoms with E-state index in [1.54, 1.807) is 11.7 Å². The summed E-state index contributed by atoms with van der Waals surface area (Å²) in [6.07, 6.45) is 3.28. The number of rotatable bonds is 5. The zero-order valence-corrected chi connectivity index (χ0v) is 14.4. The van der Waals surface area contributed by atoms with Crippen LogP contribution >= 0.6 is 0 Å². The third kappa shape index (κ3) is 3.43. The summed E-state index contributed by atoms with van der Waals surface area (Å²) in [5, 5.41) is 14.5. The molecule has 0 spiro atoms. The third-order valence-electron chi connectivity index (χ3n) is 4.51. The summed E-state index contributed by atoms with van der Waals surface area (Å²) in [5.74, 6) is 1.55. The van der Waals surface area contributed by atoms with Crippen molar-refractivity contribution in [2.45, 2.75) is 31.8 Å². The van der Waals surface area contributed by atoms with Gasteiger partial charge in [0.05, 0.1) is 5.69 Å². The van der Waals surface area contributed by atoms with E-state index in [1.807, 2.05) is 32.3 Å². The third-order valence-corrected chi connectivity index (χ3v) is 4.51. The Kier molecular flexibility index (Phi) is 4.57. The molecular weight excluding hydrogens is 308 g/mol. The van der Waals surface area contributed by atoms with Crippen molar-refractivity contribution < 1.29 is 9.32 Å². The van der Waals surface area contributed by atoms with Crippen LogP contribution in [0.2, 0.25) is 0 Å². The zero-order valence-electron chi connectivity index (χ0n) is 14.4. The molecule has 1 fully saturated rings. The standard InChI is InChI=1S/C16H24N6O2/c1-12-10-13(20-24-12)11-22-8-5-16(6-9-22,15(23)17-2)18-14-4-7-21(3)19-14/h4,7,10H,5-6,8-9,11H2,1-3H3,(H,17,23)(H,18,19). The molecule has 130 valence electrons. The number of carbonyl (C=O) groups excluding carboxylic acids is 1. The van der Waals surface area contributed by atoms with Crippen LogP contribution in [0, 0.1) is 6.92 Å². The normalized spacial score (nSPS) is 17.6. The summed E-state index contributed by atoms with van der Waals surface area (Å²) >= 11 is 0. The van der Waals surface area contributed by atoms with Gasteiger partial charge in [0.1, 0.15) is 17.1 Å². The maximum absolute atomic E-state index is 12.5. The lowest BCUT2D eigenvalue weighted by atomic mass is 9.86. The molecule has 1 amide bonds. The maximum atomic E-state index is 12.5. The minimum absolute atomic E-state index is 0.00471. The molecule has 8 nitrogen and oxygen atoms in total. The van der Waals surface area contributed by atoms with E-state index in [1.165, 1.54) is 0 Å². The van der Waals surface area contributed by atoms with Gasteiger partial charge >= 0.3 is 0 Å². The topological polar surface area (TPSA) is 88.2 Å². The molecule has 0 aliphatic carbocycles. The molecule has 0 atom stereocenters. The van der Waals surface area contributed by atoms with Gasteiger partial charge in [-0.3, -0.25) is 14.4 Å². The van der Waals surface area contributed by atoms with Crippen LogP contribution in [-0.4, -0.2) is 51.4 Å². The molecule has 3 heterocycles. The molecule has 8 heteroatoms. The number of hydrogen-bond acceptors (Lipinski definition) is 6. The number of aryl methyl sites for hydroxylation is 2. The van der Waals surface area contributed by atoms with Crippen molar-refractivity contribution in [3.05, 3.63) is 29.8 Å². The summed E-state index contributed by atoms with van der Waals surface area (Å²) in [7, 11) is 3.54. The Labute approximate surface area is 141 Å². The fraction of sp³-hybridized carbons (Fsp3) is 0.562. The fourth-order valence-electron chi connectivity index (χ4n) is 3.19. The van der Waals surface area contributed by atoms with Gasteiger partial charge < -0.3 is 15.2 Å². The lowest BCUT2D eigenvalue weighted by Crippen LogP contribution is -2.57. The molecule has 1 saturated heterocycles. The van der Waals surface area contributed by atoms with Gasteiger partial charge in [0.15, 0.2) is 0 Å². The number of likely N-dealkylation sites (N-methyl/N-ethyl adjacent to an activating group) is 1. The Bertz CT molecular complexity index is 699. The van der Waals surface area contributed by atoms with Crippen molar-refractivity contribution in [2.24, 2.45) is 7.05 Å². The quantitative estimate of drug-likeness (QED) is 0.846. The van der Waals surface area contributed by atoms with E-state index in [-0.39, 0.29) is 5.91 Å². The van der Waals surface area contributed by atoms with E-state index in [2.05, 4.69) is 25.8 Å². The summed E-state index contributed by atoms with van der Waals surface area (Å²) in [4.78, 5) is 14.8. The van der Waals surface area contributed by atoms with E-state index in [4.69, 9.17) is 4.52 Å². The van der Waals surface area contributed by atoms with Crippen molar-refractivity contribution in [3.63, 3.8) is 0 Å². The van der Waals surface area contributed by atoms with Gasteiger partial charge in [-0.1, -0.05) is 5.16 Å². The lowest BCUT2D eigenvalue weighted by molar-refractivity contribution is -0.126. The van der Waals surface area contributed by atoms with Crippen LogP contribution in [0.4, 0.5) is 5.82 Å². The molecule has 24 heavy (non-hydrogen) atoms. The van der Waals surface area contributed by atoms with Crippen molar-refractivity contribution in [2.75, 3.05) is 25.5 Å². The highest BCUT2D eigenvalue weighted by molar-refractivity contribution is 5.89. The molecule has 0 radical (unpaired) electrons. The number of hydrogen-bond donors (Lipinski definition) is 2. The highest BCUT2D eigenvalue weighted by Crippen LogP contribution is 2.27. The van der Waals surface area contributed by atoms with Crippen LogP contribution in [0.15, 0.2) is 22.9 Å². The van der Waals surface area contributed by atoms with Gasteiger partial charge in [-0.15, -0.1) is 0 Å². The van der Waals surface area contributed by atoms with Crippen LogP contribution in [0.3, 0.4) is 0 Å². The summed E-state index contributed by atoms with van der Waals surface area (Å²) in [6, 6.07) is 3.84. The van der Waals surface area contributed by atoms with E-state index in [0.717, 1.165) is 36.9 Å². The molecule has 0 bridgehead atoms. The summed E-state index contributed by atoms with van der Waals surface area (Å²) in [6.45, 7) is 4.24. The Balaban J connectivity index is 1.67. The highest BCUT2D eigenvalue weighted by Gasteiger charge is 2.41. The van der Waals surface area contributed by atoms with Crippen molar-refractivity contribution >= 4 is 11.7 Å². The largest absolute Gasteiger partial charge is 0.361 e. The number of nitrogens with one attached hydrogen (secondary N) is 2. The number of nitrogens with zero attached hydrogens (tertiary/aromatic N) is 4. The monoisotopic (exact) mass is 332 g/mol. The minimum Gasteiger partial charge on any atom is -0.361 e. The molecule has 1 aliphatic heterocycles. The van der Waals surface area contributed by atoms with E-state index < -0.39 is 5.54 Å². The van der Waals surface area contributed by atoms with E-state index in [0.29, 0.717) is 12.8 Å². The van der Waals surface area contributed by atoms with Crippen molar-refractivity contribution in [3.8, 4) is 0 Å². The molecular formula is C16H24N6O2. The van der Waals surface area contributed by atoms with Gasteiger partial charge in [0.25, 0.3) is 0 Å². The molecule has 0 unspecified atom stereocenters. The van der Waals surface area contributed by atoms with E-state index in [9.17, 15) is 4.79 Å². The number of amides is 1. The predicted molar refractivity (Wildman–Crippen MR) is 89.4 cm³/mol. The van der Waals surface area contributed by atoms with Crippen LogP contribution in [0.5, 0.6) is 0 Å². The SMILES string of the molecule is CNC(=O)C1(Nc2ccn(C)n2)CCN(Cc2cc(C)on2)CC1. The molecule has 0 aromatic carbocycles. The maximum Gasteiger partial charge on any atom is 0.245 e. The number of anilines is 1. The van der Waals surface area contributed by atoms with Gasteiger partial charge in [-0.05, 0) is 19.8 Å². The van der Waals surface area contributed by atoms with Crippen molar-refractivity contribution in [1.29, 1.82) is 0 Å². The smallest absolute Gasteiger partial charge is 0.245 e. The first kappa shape index (κ1) is 16.5. The molecule has 1 aliphatic rings. The van der Waals surface area contributed by atoms with Crippen LogP contribution in [-0.2, 0) is 18.4 Å². The molecule has 2 aromatic rings. The Morgan fingerprint density at radius 1 is 1.42 bits per heavy atom. The molecule has 3 rings (SSSR count). The van der Waals surface area contributed by atoms with Gasteiger partial charge in [-0.2, -0.15) is 5.10 Å². The number of piperidine rings is 1. The van der Waals surface area contributed by atoms with Gasteiger partial charge in [0, 0.05) is 52.1 Å². The summed E-state index contributed by atoms with van der Waals surface area (Å²) in [5.41, 5.74) is 0.303. The number of aromatic nitrogens is 3. The van der Waals surface area contributed by atoms with Crippen LogP contribution in [0.25, 0.3) is 0 Å². The first-order valence-electron chi connectivity index (χ1n) is 8.15. The second-order valence-corrected chi connectivity index (χ2v) is 6.37. The Morgan fingerprint density at radius 3 is 2.71 bits per heavy atom. The average molecular weight is 332 g/mol. The molecule has 0 saturated carbocycles. The lowest BCUT2D eigenvalue weighted by Gasteiger charge is -2.40. The first-order valence-corrected chi connectivity index (χ1v) is 8.15. The second kappa shape index (κ2) is 6.64. The summed E-state index contributed by atoms with van der Waals surface area (Å²) < 4.78 is 6.84. The van der Waals surface area contributed by atoms with Gasteiger partial charge in [0.2, 0.25) is 5.91 Å². The highest BCUT2D eigenvalue weighted by atomic mass is 16.5. The fourth-order valence-corrected chi connectivity index (χ4v) is 3.19. The van der Waals surface area contributed by atoms with Gasteiger partial charge in [-0.25, -0.2) is 0 Å². The first-order chi connectivity index (χ1) is 11.5. The van der Waals surface area contributed by atoms with Crippen LogP contribution in [0.1, 0.15) is 24.3 Å². The van der Waals surface area contributed by atoms with Crippen LogP contribution < -0.4 is 10.6 Å². The Morgan fingerprint density at radius 2 is 2.17 bits per heavy atom. The number of likely N-dealkylation sites (tertiary alicyclic amines) is 1. The zero-order chi connectivity index (χ0) is 17.2.